The summed E-state index contributed by atoms with van der Waals surface area (Å²) in [5, 5.41) is 11.1. The van der Waals surface area contributed by atoms with Crippen LogP contribution in [-0.2, 0) is 0 Å². The maximum absolute atomic E-state index is 10.6. The number of pyridine rings is 1. The second kappa shape index (κ2) is 5.61. The van der Waals surface area contributed by atoms with Crippen LogP contribution in [0.4, 0.5) is 5.69 Å². The van der Waals surface area contributed by atoms with Crippen molar-refractivity contribution in [3.8, 4) is 11.6 Å². The van der Waals surface area contributed by atoms with Crippen LogP contribution >= 0.6 is 34.8 Å². The first-order valence-corrected chi connectivity index (χ1v) is 6.04. The lowest BCUT2D eigenvalue weighted by molar-refractivity contribution is -0.385. The highest BCUT2D eigenvalue weighted by Crippen LogP contribution is 2.38. The highest BCUT2D eigenvalue weighted by molar-refractivity contribution is 6.37. The molecule has 0 amide bonds. The largest absolute Gasteiger partial charge is 0.434 e. The van der Waals surface area contributed by atoms with Crippen molar-refractivity contribution in [2.75, 3.05) is 0 Å². The van der Waals surface area contributed by atoms with Crippen LogP contribution in [0.3, 0.4) is 0 Å². The molecule has 0 radical (unpaired) electrons. The summed E-state index contributed by atoms with van der Waals surface area (Å²) in [7, 11) is 0. The van der Waals surface area contributed by atoms with E-state index < -0.39 is 4.92 Å². The van der Waals surface area contributed by atoms with Crippen LogP contribution in [0.2, 0.25) is 15.1 Å². The highest BCUT2D eigenvalue weighted by Gasteiger charge is 2.15. The van der Waals surface area contributed by atoms with Gasteiger partial charge in [-0.15, -0.1) is 0 Å². The molecule has 1 aromatic heterocycles. The van der Waals surface area contributed by atoms with E-state index in [4.69, 9.17) is 39.5 Å². The molecule has 0 aliphatic rings. The van der Waals surface area contributed by atoms with Gasteiger partial charge in [-0.3, -0.25) is 10.1 Å². The minimum Gasteiger partial charge on any atom is -0.434 e. The van der Waals surface area contributed by atoms with E-state index in [9.17, 15) is 10.1 Å². The number of hydrogen-bond acceptors (Lipinski definition) is 4. The van der Waals surface area contributed by atoms with Crippen molar-refractivity contribution in [2.45, 2.75) is 0 Å². The van der Waals surface area contributed by atoms with Crippen LogP contribution in [0.25, 0.3) is 0 Å². The Morgan fingerprint density at radius 2 is 1.79 bits per heavy atom. The molecule has 2 aromatic rings. The standard InChI is InChI=1S/C11H5Cl3N2O3/c12-7-2-1-3-8(13)10(7)19-11-9(14)4-6(5-15-11)16(17)18/h1-5H. The molecule has 0 fully saturated rings. The van der Waals surface area contributed by atoms with Crippen LogP contribution in [0, 0.1) is 10.1 Å². The quantitative estimate of drug-likeness (QED) is 0.605. The van der Waals surface area contributed by atoms with Gasteiger partial charge >= 0.3 is 0 Å². The maximum atomic E-state index is 10.6. The lowest BCUT2D eigenvalue weighted by Gasteiger charge is -2.09. The molecule has 2 rings (SSSR count). The molecule has 8 heteroatoms. The molecule has 0 aliphatic carbocycles. The Balaban J connectivity index is 2.36. The number of ether oxygens (including phenoxy) is 1. The third kappa shape index (κ3) is 3.07. The van der Waals surface area contributed by atoms with Gasteiger partial charge in [-0.2, -0.15) is 0 Å². The van der Waals surface area contributed by atoms with E-state index in [2.05, 4.69) is 4.98 Å². The van der Waals surface area contributed by atoms with Gasteiger partial charge < -0.3 is 4.74 Å². The van der Waals surface area contributed by atoms with E-state index in [0.717, 1.165) is 12.3 Å². The molecule has 0 atom stereocenters. The zero-order valence-corrected chi connectivity index (χ0v) is 11.4. The molecular weight excluding hydrogens is 314 g/mol. The second-order valence-corrected chi connectivity index (χ2v) is 4.61. The number of nitro groups is 1. The number of hydrogen-bond donors (Lipinski definition) is 0. The van der Waals surface area contributed by atoms with Crippen molar-refractivity contribution in [3.63, 3.8) is 0 Å². The van der Waals surface area contributed by atoms with Gasteiger partial charge in [0.1, 0.15) is 11.2 Å². The zero-order valence-electron chi connectivity index (χ0n) is 9.14. The molecule has 5 nitrogen and oxygen atoms in total. The summed E-state index contributed by atoms with van der Waals surface area (Å²) in [6, 6.07) is 5.96. The number of benzene rings is 1. The summed E-state index contributed by atoms with van der Waals surface area (Å²) in [5.74, 6) is 0.177. The average Bonchev–Trinajstić information content (AvgIpc) is 2.35. The van der Waals surface area contributed by atoms with Crippen LogP contribution in [0.15, 0.2) is 30.5 Å². The van der Waals surface area contributed by atoms with Crippen LogP contribution in [-0.4, -0.2) is 9.91 Å². The average molecular weight is 320 g/mol. The summed E-state index contributed by atoms with van der Waals surface area (Å²) >= 11 is 17.7. The van der Waals surface area contributed by atoms with E-state index in [0.29, 0.717) is 0 Å². The Hall–Kier alpha value is -1.56. The SMILES string of the molecule is O=[N+]([O-])c1cnc(Oc2c(Cl)cccc2Cl)c(Cl)c1. The molecule has 0 bridgehead atoms. The predicted molar refractivity (Wildman–Crippen MR) is 72.4 cm³/mol. The molecule has 0 spiro atoms. The van der Waals surface area contributed by atoms with Gasteiger partial charge in [-0.1, -0.05) is 40.9 Å². The third-order valence-electron chi connectivity index (χ3n) is 2.12. The summed E-state index contributed by atoms with van der Waals surface area (Å²) in [6.45, 7) is 0. The molecule has 98 valence electrons. The minimum absolute atomic E-state index is 0.00909. The van der Waals surface area contributed by atoms with Crippen LogP contribution in [0.5, 0.6) is 11.6 Å². The smallest absolute Gasteiger partial charge is 0.289 e. The summed E-state index contributed by atoms with van der Waals surface area (Å²) in [4.78, 5) is 13.7. The zero-order chi connectivity index (χ0) is 14.0. The molecule has 1 heterocycles. The molecule has 0 saturated heterocycles. The minimum atomic E-state index is -0.606. The number of rotatable bonds is 3. The highest BCUT2D eigenvalue weighted by atomic mass is 35.5. The van der Waals surface area contributed by atoms with Gasteiger partial charge in [0, 0.05) is 6.07 Å². The Kier molecular flexibility index (Phi) is 4.09. The second-order valence-electron chi connectivity index (χ2n) is 3.39. The summed E-state index contributed by atoms with van der Waals surface area (Å²) in [6.07, 6.45) is 1.03. The number of para-hydroxylation sites is 1. The monoisotopic (exact) mass is 318 g/mol. The van der Waals surface area contributed by atoms with E-state index in [1.807, 2.05) is 0 Å². The van der Waals surface area contributed by atoms with Crippen LogP contribution in [0.1, 0.15) is 0 Å². The fourth-order valence-corrected chi connectivity index (χ4v) is 1.94. The summed E-state index contributed by atoms with van der Waals surface area (Å²) in [5.41, 5.74) is -0.234. The molecule has 0 saturated carbocycles. The van der Waals surface area contributed by atoms with E-state index in [-0.39, 0.29) is 32.4 Å². The maximum Gasteiger partial charge on any atom is 0.289 e. The third-order valence-corrected chi connectivity index (χ3v) is 2.99. The Morgan fingerprint density at radius 1 is 1.16 bits per heavy atom. The van der Waals surface area contributed by atoms with Crippen molar-refractivity contribution in [1.29, 1.82) is 0 Å². The Morgan fingerprint density at radius 3 is 2.32 bits per heavy atom. The van der Waals surface area contributed by atoms with Crippen molar-refractivity contribution >= 4 is 40.5 Å². The van der Waals surface area contributed by atoms with Gasteiger partial charge in [0.25, 0.3) is 5.69 Å². The Labute approximate surface area is 122 Å². The number of nitrogens with zero attached hydrogens (tertiary/aromatic N) is 2. The van der Waals surface area contributed by atoms with Crippen molar-refractivity contribution in [3.05, 3.63) is 55.6 Å². The first kappa shape index (κ1) is 13.9. The molecule has 1 aromatic carbocycles. The topological polar surface area (TPSA) is 65.3 Å². The van der Waals surface area contributed by atoms with E-state index in [1.54, 1.807) is 18.2 Å². The summed E-state index contributed by atoms with van der Waals surface area (Å²) < 4.78 is 5.38. The molecule has 19 heavy (non-hydrogen) atoms. The normalized spacial score (nSPS) is 10.3. The fraction of sp³-hybridized carbons (Fsp3) is 0. The van der Waals surface area contributed by atoms with E-state index in [1.165, 1.54) is 0 Å². The van der Waals surface area contributed by atoms with Gasteiger partial charge in [-0.25, -0.2) is 4.98 Å². The first-order chi connectivity index (χ1) is 8.99. The molecular formula is C11H5Cl3N2O3. The van der Waals surface area contributed by atoms with Gasteiger partial charge in [-0.05, 0) is 12.1 Å². The lowest BCUT2D eigenvalue weighted by Crippen LogP contribution is -1.94. The van der Waals surface area contributed by atoms with Gasteiger partial charge in [0.05, 0.1) is 15.0 Å². The first-order valence-electron chi connectivity index (χ1n) is 4.91. The van der Waals surface area contributed by atoms with Gasteiger partial charge in [0.15, 0.2) is 5.75 Å². The van der Waals surface area contributed by atoms with Crippen molar-refractivity contribution in [2.24, 2.45) is 0 Å². The predicted octanol–water partition coefficient (Wildman–Crippen LogP) is 4.74. The van der Waals surface area contributed by atoms with Crippen molar-refractivity contribution in [1.82, 2.24) is 4.98 Å². The fourth-order valence-electron chi connectivity index (χ4n) is 1.27. The number of aromatic nitrogens is 1. The molecule has 0 aliphatic heterocycles. The molecule has 0 unspecified atom stereocenters. The number of halogens is 3. The Bertz CT molecular complexity index is 629. The van der Waals surface area contributed by atoms with Gasteiger partial charge in [0.2, 0.25) is 5.88 Å². The molecule has 0 N–H and O–H groups in total. The van der Waals surface area contributed by atoms with Crippen molar-refractivity contribution < 1.29 is 9.66 Å². The lowest BCUT2D eigenvalue weighted by atomic mass is 10.3. The van der Waals surface area contributed by atoms with E-state index >= 15 is 0 Å². The van der Waals surface area contributed by atoms with Crippen LogP contribution < -0.4 is 4.74 Å².